The second kappa shape index (κ2) is 9.98. The molecule has 0 aromatic heterocycles. The molecule has 1 aromatic rings. The van der Waals surface area contributed by atoms with E-state index in [-0.39, 0.29) is 12.1 Å². The fraction of sp³-hybridized carbons (Fsp3) is 0.700. The Kier molecular flexibility index (Phi) is 7.66. The van der Waals surface area contributed by atoms with Gasteiger partial charge >= 0.3 is 0 Å². The molecule has 0 radical (unpaired) electrons. The largest absolute Gasteiger partial charge is 0.381 e. The van der Waals surface area contributed by atoms with Gasteiger partial charge in [0, 0.05) is 32.8 Å². The highest BCUT2D eigenvalue weighted by molar-refractivity contribution is 7.87. The Morgan fingerprint density at radius 2 is 1.67 bits per heavy atom. The van der Waals surface area contributed by atoms with E-state index in [0.717, 1.165) is 25.9 Å². The second-order valence-corrected chi connectivity index (χ2v) is 9.32. The van der Waals surface area contributed by atoms with Crippen LogP contribution in [0.2, 0.25) is 0 Å². The van der Waals surface area contributed by atoms with Crippen molar-refractivity contribution in [2.24, 2.45) is 0 Å². The SMILES string of the molecule is COC1CCN(S(=O)(=O)NCC(c2ccccc2)N2CCCCCC2)CC1. The summed E-state index contributed by atoms with van der Waals surface area (Å²) in [5.41, 5.74) is 1.18. The van der Waals surface area contributed by atoms with Crippen LogP contribution in [-0.4, -0.2) is 63.6 Å². The molecule has 6 nitrogen and oxygen atoms in total. The molecule has 2 saturated heterocycles. The first-order chi connectivity index (χ1) is 13.1. The molecule has 2 fully saturated rings. The summed E-state index contributed by atoms with van der Waals surface area (Å²) in [6.45, 7) is 3.51. The third kappa shape index (κ3) is 5.74. The number of ether oxygens (including phenoxy) is 1. The van der Waals surface area contributed by atoms with Crippen LogP contribution in [0.15, 0.2) is 30.3 Å². The van der Waals surface area contributed by atoms with Crippen molar-refractivity contribution in [3.05, 3.63) is 35.9 Å². The summed E-state index contributed by atoms with van der Waals surface area (Å²) in [7, 11) is -1.77. The number of likely N-dealkylation sites (tertiary alicyclic amines) is 1. The van der Waals surface area contributed by atoms with Crippen molar-refractivity contribution < 1.29 is 13.2 Å². The number of methoxy groups -OCH3 is 1. The lowest BCUT2D eigenvalue weighted by Crippen LogP contribution is -2.48. The van der Waals surface area contributed by atoms with Crippen LogP contribution in [0.5, 0.6) is 0 Å². The van der Waals surface area contributed by atoms with Gasteiger partial charge in [-0.3, -0.25) is 4.90 Å². The molecule has 3 rings (SSSR count). The van der Waals surface area contributed by atoms with E-state index in [0.29, 0.717) is 19.6 Å². The number of nitrogens with zero attached hydrogens (tertiary/aromatic N) is 2. The van der Waals surface area contributed by atoms with Crippen molar-refractivity contribution in [3.8, 4) is 0 Å². The highest BCUT2D eigenvalue weighted by Gasteiger charge is 2.29. The van der Waals surface area contributed by atoms with Crippen LogP contribution in [0.3, 0.4) is 0 Å². The van der Waals surface area contributed by atoms with E-state index in [4.69, 9.17) is 4.74 Å². The van der Waals surface area contributed by atoms with E-state index < -0.39 is 10.2 Å². The number of rotatable bonds is 7. The number of piperidine rings is 1. The van der Waals surface area contributed by atoms with Gasteiger partial charge in [-0.05, 0) is 44.3 Å². The van der Waals surface area contributed by atoms with Gasteiger partial charge in [0.25, 0.3) is 10.2 Å². The molecule has 1 N–H and O–H groups in total. The second-order valence-electron chi connectivity index (χ2n) is 7.56. The van der Waals surface area contributed by atoms with Crippen molar-refractivity contribution in [2.75, 3.05) is 39.8 Å². The molecule has 2 aliphatic heterocycles. The first-order valence-electron chi connectivity index (χ1n) is 10.2. The van der Waals surface area contributed by atoms with Crippen LogP contribution in [0.25, 0.3) is 0 Å². The molecule has 0 amide bonds. The molecule has 2 heterocycles. The molecule has 7 heteroatoms. The predicted octanol–water partition coefficient (Wildman–Crippen LogP) is 2.55. The summed E-state index contributed by atoms with van der Waals surface area (Å²) in [5.74, 6) is 0. The smallest absolute Gasteiger partial charge is 0.279 e. The van der Waals surface area contributed by atoms with Gasteiger partial charge in [0.2, 0.25) is 0 Å². The molecular weight excluding hydrogens is 362 g/mol. The third-order valence-corrected chi connectivity index (χ3v) is 7.38. The number of hydrogen-bond donors (Lipinski definition) is 1. The average Bonchev–Trinajstić information content (AvgIpc) is 2.98. The van der Waals surface area contributed by atoms with Gasteiger partial charge in [-0.2, -0.15) is 12.7 Å². The van der Waals surface area contributed by atoms with Crippen molar-refractivity contribution >= 4 is 10.2 Å². The maximum atomic E-state index is 12.8. The van der Waals surface area contributed by atoms with Crippen LogP contribution in [0.1, 0.15) is 50.1 Å². The summed E-state index contributed by atoms with van der Waals surface area (Å²) < 4.78 is 35.5. The van der Waals surface area contributed by atoms with E-state index in [1.54, 1.807) is 11.4 Å². The van der Waals surface area contributed by atoms with Crippen LogP contribution in [0, 0.1) is 0 Å². The molecule has 1 atom stereocenters. The summed E-state index contributed by atoms with van der Waals surface area (Å²) >= 11 is 0. The quantitative estimate of drug-likeness (QED) is 0.771. The Balaban J connectivity index is 1.66. The molecule has 27 heavy (non-hydrogen) atoms. The van der Waals surface area contributed by atoms with Gasteiger partial charge in [0.05, 0.1) is 6.10 Å². The molecule has 2 aliphatic rings. The first-order valence-corrected chi connectivity index (χ1v) is 11.6. The zero-order valence-electron chi connectivity index (χ0n) is 16.3. The molecule has 0 saturated carbocycles. The van der Waals surface area contributed by atoms with Crippen molar-refractivity contribution in [1.82, 2.24) is 13.9 Å². The van der Waals surface area contributed by atoms with Gasteiger partial charge in [-0.1, -0.05) is 43.2 Å². The maximum Gasteiger partial charge on any atom is 0.279 e. The Morgan fingerprint density at radius 3 is 2.26 bits per heavy atom. The van der Waals surface area contributed by atoms with Crippen molar-refractivity contribution in [2.45, 2.75) is 50.7 Å². The lowest BCUT2D eigenvalue weighted by Gasteiger charge is -2.33. The summed E-state index contributed by atoms with van der Waals surface area (Å²) in [4.78, 5) is 2.45. The van der Waals surface area contributed by atoms with Gasteiger partial charge < -0.3 is 4.74 Å². The topological polar surface area (TPSA) is 61.9 Å². The van der Waals surface area contributed by atoms with Crippen LogP contribution >= 0.6 is 0 Å². The minimum Gasteiger partial charge on any atom is -0.381 e. The van der Waals surface area contributed by atoms with Gasteiger partial charge in [0.15, 0.2) is 0 Å². The molecule has 1 unspecified atom stereocenters. The molecule has 152 valence electrons. The number of hydrogen-bond acceptors (Lipinski definition) is 4. The minimum atomic E-state index is -3.46. The van der Waals surface area contributed by atoms with Crippen LogP contribution in [-0.2, 0) is 14.9 Å². The van der Waals surface area contributed by atoms with E-state index in [1.165, 1.54) is 31.2 Å². The normalized spacial score (nSPS) is 22.4. The third-order valence-electron chi connectivity index (χ3n) is 5.80. The summed E-state index contributed by atoms with van der Waals surface area (Å²) in [5, 5.41) is 0. The van der Waals surface area contributed by atoms with Crippen LogP contribution in [0.4, 0.5) is 0 Å². The molecule has 0 bridgehead atoms. The average molecular weight is 396 g/mol. The fourth-order valence-corrected chi connectivity index (χ4v) is 5.37. The molecule has 1 aromatic carbocycles. The lowest BCUT2D eigenvalue weighted by atomic mass is 10.1. The summed E-state index contributed by atoms with van der Waals surface area (Å²) in [6.07, 6.45) is 6.57. The van der Waals surface area contributed by atoms with Gasteiger partial charge in [-0.25, -0.2) is 4.72 Å². The van der Waals surface area contributed by atoms with E-state index in [9.17, 15) is 8.42 Å². The standard InChI is InChI=1S/C20H33N3O3S/c1-26-19-11-15-23(16-12-19)27(24,25)21-17-20(18-9-5-4-6-10-18)22-13-7-2-3-8-14-22/h4-6,9-10,19-21H,2-3,7-8,11-17H2,1H3. The maximum absolute atomic E-state index is 12.8. The van der Waals surface area contributed by atoms with E-state index in [1.807, 2.05) is 18.2 Å². The van der Waals surface area contributed by atoms with E-state index in [2.05, 4.69) is 21.8 Å². The highest BCUT2D eigenvalue weighted by Crippen LogP contribution is 2.24. The number of nitrogens with one attached hydrogen (secondary N) is 1. The molecular formula is C20H33N3O3S. The number of benzene rings is 1. The fourth-order valence-electron chi connectivity index (χ4n) is 4.12. The first kappa shape index (κ1) is 20.7. The minimum absolute atomic E-state index is 0.0792. The monoisotopic (exact) mass is 395 g/mol. The highest BCUT2D eigenvalue weighted by atomic mass is 32.2. The Morgan fingerprint density at radius 1 is 1.04 bits per heavy atom. The van der Waals surface area contributed by atoms with E-state index >= 15 is 0 Å². The molecule has 0 spiro atoms. The Hall–Kier alpha value is -0.990. The Labute approximate surface area is 164 Å². The van der Waals surface area contributed by atoms with Gasteiger partial charge in [-0.15, -0.1) is 0 Å². The molecule has 0 aliphatic carbocycles. The van der Waals surface area contributed by atoms with Crippen molar-refractivity contribution in [3.63, 3.8) is 0 Å². The Bertz CT molecular complexity index is 652. The predicted molar refractivity (Wildman–Crippen MR) is 108 cm³/mol. The van der Waals surface area contributed by atoms with Crippen LogP contribution < -0.4 is 4.72 Å². The van der Waals surface area contributed by atoms with Gasteiger partial charge in [0.1, 0.15) is 0 Å². The lowest BCUT2D eigenvalue weighted by molar-refractivity contribution is 0.0601. The zero-order valence-corrected chi connectivity index (χ0v) is 17.2. The zero-order chi connectivity index (χ0) is 19.1. The summed E-state index contributed by atoms with van der Waals surface area (Å²) in [6, 6.07) is 10.4. The van der Waals surface area contributed by atoms with Crippen molar-refractivity contribution in [1.29, 1.82) is 0 Å².